The van der Waals surface area contributed by atoms with E-state index < -0.39 is 5.97 Å². The number of nitrogen functional groups attached to an aromatic ring is 1. The summed E-state index contributed by atoms with van der Waals surface area (Å²) in [4.78, 5) is 23.9. The number of carbonyl (C=O) groups excluding carboxylic acids is 2. The maximum absolute atomic E-state index is 12.0. The lowest BCUT2D eigenvalue weighted by atomic mass is 9.78. The number of hydrogen-bond acceptors (Lipinski definition) is 4. The Morgan fingerprint density at radius 1 is 1.35 bits per heavy atom. The summed E-state index contributed by atoms with van der Waals surface area (Å²) in [6, 6.07) is 4.63. The summed E-state index contributed by atoms with van der Waals surface area (Å²) in [5, 5.41) is 3.34. The van der Waals surface area contributed by atoms with Crippen LogP contribution in [0.3, 0.4) is 0 Å². The molecule has 1 aromatic rings. The zero-order valence-corrected chi connectivity index (χ0v) is 14.2. The van der Waals surface area contributed by atoms with E-state index >= 15 is 0 Å². The van der Waals surface area contributed by atoms with Crippen LogP contribution in [0.1, 0.15) is 43.5 Å². The molecule has 0 unspecified atom stereocenters. The minimum atomic E-state index is -0.589. The normalized spacial score (nSPS) is 24.0. The Bertz CT molecular complexity index is 591. The van der Waals surface area contributed by atoms with E-state index in [0.29, 0.717) is 22.5 Å². The molecule has 126 valence electrons. The molecule has 0 aliphatic heterocycles. The topological polar surface area (TPSA) is 81.4 Å². The van der Waals surface area contributed by atoms with Gasteiger partial charge < -0.3 is 15.8 Å². The fourth-order valence-electron chi connectivity index (χ4n) is 2.92. The highest BCUT2D eigenvalue weighted by Gasteiger charge is 2.28. The molecule has 3 N–H and O–H groups in total. The number of nitrogens with two attached hydrogens (primary N) is 1. The van der Waals surface area contributed by atoms with E-state index in [1.807, 2.05) is 0 Å². The minimum Gasteiger partial charge on any atom is -0.452 e. The predicted octanol–water partition coefficient (Wildman–Crippen LogP) is 3.02. The molecule has 0 aromatic heterocycles. The Morgan fingerprint density at radius 3 is 2.78 bits per heavy atom. The summed E-state index contributed by atoms with van der Waals surface area (Å²) < 4.78 is 5.04. The first-order valence-corrected chi connectivity index (χ1v) is 8.27. The molecular formula is C17H23ClN2O3. The molecule has 0 saturated heterocycles. The van der Waals surface area contributed by atoms with Crippen molar-refractivity contribution >= 4 is 29.2 Å². The van der Waals surface area contributed by atoms with Crippen LogP contribution in [-0.2, 0) is 9.53 Å². The number of amides is 1. The molecule has 23 heavy (non-hydrogen) atoms. The van der Waals surface area contributed by atoms with Gasteiger partial charge in [0.25, 0.3) is 5.91 Å². The van der Waals surface area contributed by atoms with Crippen molar-refractivity contribution in [2.75, 3.05) is 12.3 Å². The molecule has 1 aliphatic carbocycles. The van der Waals surface area contributed by atoms with Crippen molar-refractivity contribution in [3.8, 4) is 0 Å². The van der Waals surface area contributed by atoms with Crippen LogP contribution >= 0.6 is 11.6 Å². The summed E-state index contributed by atoms with van der Waals surface area (Å²) in [7, 11) is 0. The highest BCUT2D eigenvalue weighted by Crippen LogP contribution is 2.29. The third-order valence-electron chi connectivity index (χ3n) is 4.62. The molecule has 0 heterocycles. The molecule has 1 saturated carbocycles. The highest BCUT2D eigenvalue weighted by atomic mass is 35.5. The molecule has 1 fully saturated rings. The van der Waals surface area contributed by atoms with Gasteiger partial charge in [-0.1, -0.05) is 38.3 Å². The monoisotopic (exact) mass is 338 g/mol. The number of hydrogen-bond donors (Lipinski definition) is 2. The molecule has 6 heteroatoms. The number of carbonyl (C=O) groups is 2. The van der Waals surface area contributed by atoms with Crippen LogP contribution in [0.4, 0.5) is 5.69 Å². The van der Waals surface area contributed by atoms with Gasteiger partial charge in [0.15, 0.2) is 6.61 Å². The van der Waals surface area contributed by atoms with Crippen LogP contribution in [0.25, 0.3) is 0 Å². The second-order valence-electron chi connectivity index (χ2n) is 6.25. The SMILES string of the molecule is C[C@H]1[C@@H](NC(=O)COC(=O)c2ccc(Cl)c(N)c2)CCC[C@@H]1C. The lowest BCUT2D eigenvalue weighted by Gasteiger charge is -2.34. The summed E-state index contributed by atoms with van der Waals surface area (Å²) in [5.41, 5.74) is 6.23. The third kappa shape index (κ3) is 4.61. The molecule has 2 rings (SSSR count). The van der Waals surface area contributed by atoms with Gasteiger partial charge in [-0.2, -0.15) is 0 Å². The molecular weight excluding hydrogens is 316 g/mol. The van der Waals surface area contributed by atoms with Crippen molar-refractivity contribution in [1.29, 1.82) is 0 Å². The number of halogens is 1. The first kappa shape index (κ1) is 17.6. The second kappa shape index (κ2) is 7.68. The molecule has 1 aromatic carbocycles. The van der Waals surface area contributed by atoms with Crippen molar-refractivity contribution in [2.24, 2.45) is 11.8 Å². The minimum absolute atomic E-state index is 0.149. The van der Waals surface area contributed by atoms with Gasteiger partial charge in [0.1, 0.15) is 0 Å². The maximum Gasteiger partial charge on any atom is 0.338 e. The van der Waals surface area contributed by atoms with Crippen LogP contribution in [0.2, 0.25) is 5.02 Å². The maximum atomic E-state index is 12.0. The van der Waals surface area contributed by atoms with Gasteiger partial charge in [0.2, 0.25) is 0 Å². The molecule has 1 amide bonds. The van der Waals surface area contributed by atoms with Gasteiger partial charge >= 0.3 is 5.97 Å². The Kier molecular flexibility index (Phi) is 5.88. The van der Waals surface area contributed by atoms with Gasteiger partial charge in [0.05, 0.1) is 16.3 Å². The van der Waals surface area contributed by atoms with Gasteiger partial charge in [-0.25, -0.2) is 4.79 Å². The van der Waals surface area contributed by atoms with E-state index in [-0.39, 0.29) is 24.1 Å². The van der Waals surface area contributed by atoms with Crippen molar-refractivity contribution in [3.63, 3.8) is 0 Å². The summed E-state index contributed by atoms with van der Waals surface area (Å²) >= 11 is 5.81. The van der Waals surface area contributed by atoms with Crippen LogP contribution in [0, 0.1) is 11.8 Å². The van der Waals surface area contributed by atoms with Crippen LogP contribution in [0.5, 0.6) is 0 Å². The van der Waals surface area contributed by atoms with E-state index in [2.05, 4.69) is 19.2 Å². The number of nitrogens with one attached hydrogen (secondary N) is 1. The van der Waals surface area contributed by atoms with Crippen LogP contribution in [0.15, 0.2) is 18.2 Å². The van der Waals surface area contributed by atoms with Crippen LogP contribution in [-0.4, -0.2) is 24.5 Å². The molecule has 0 spiro atoms. The largest absolute Gasteiger partial charge is 0.452 e. The first-order valence-electron chi connectivity index (χ1n) is 7.90. The van der Waals surface area contributed by atoms with Crippen LogP contribution < -0.4 is 11.1 Å². The Labute approximate surface area is 141 Å². The number of rotatable bonds is 4. The molecule has 5 nitrogen and oxygen atoms in total. The second-order valence-corrected chi connectivity index (χ2v) is 6.66. The van der Waals surface area contributed by atoms with Crippen molar-refractivity contribution < 1.29 is 14.3 Å². The van der Waals surface area contributed by atoms with E-state index in [9.17, 15) is 9.59 Å². The van der Waals surface area contributed by atoms with Crippen molar-refractivity contribution in [2.45, 2.75) is 39.2 Å². The fourth-order valence-corrected chi connectivity index (χ4v) is 3.04. The number of esters is 1. The van der Waals surface area contributed by atoms with E-state index in [1.165, 1.54) is 24.6 Å². The average molecular weight is 339 g/mol. The van der Waals surface area contributed by atoms with Crippen molar-refractivity contribution in [1.82, 2.24) is 5.32 Å². The van der Waals surface area contributed by atoms with Gasteiger partial charge in [-0.05, 0) is 36.5 Å². The predicted molar refractivity (Wildman–Crippen MR) is 90.3 cm³/mol. The molecule has 3 atom stereocenters. The Balaban J connectivity index is 1.84. The number of ether oxygens (including phenoxy) is 1. The Morgan fingerprint density at radius 2 is 2.09 bits per heavy atom. The smallest absolute Gasteiger partial charge is 0.338 e. The lowest BCUT2D eigenvalue weighted by Crippen LogP contribution is -2.45. The standard InChI is InChI=1S/C17H23ClN2O3/c1-10-4-3-5-15(11(10)2)20-16(21)9-23-17(22)12-6-7-13(18)14(19)8-12/h6-8,10-11,15H,3-5,9,19H2,1-2H3,(H,20,21)/t10-,11+,15-/m0/s1. The Hall–Kier alpha value is -1.75. The number of anilines is 1. The van der Waals surface area contributed by atoms with Gasteiger partial charge in [-0.15, -0.1) is 0 Å². The average Bonchev–Trinajstić information content (AvgIpc) is 2.52. The van der Waals surface area contributed by atoms with Crippen molar-refractivity contribution in [3.05, 3.63) is 28.8 Å². The first-order chi connectivity index (χ1) is 10.9. The van der Waals surface area contributed by atoms with E-state index in [4.69, 9.17) is 22.1 Å². The zero-order chi connectivity index (χ0) is 17.0. The quantitative estimate of drug-likeness (QED) is 0.653. The molecule has 0 bridgehead atoms. The van der Waals surface area contributed by atoms with E-state index in [1.54, 1.807) is 0 Å². The number of benzene rings is 1. The third-order valence-corrected chi connectivity index (χ3v) is 4.96. The fraction of sp³-hybridized carbons (Fsp3) is 0.529. The van der Waals surface area contributed by atoms with Gasteiger partial charge in [0, 0.05) is 6.04 Å². The molecule has 0 radical (unpaired) electrons. The summed E-state index contributed by atoms with van der Waals surface area (Å²) in [5.74, 6) is 0.160. The summed E-state index contributed by atoms with van der Waals surface area (Å²) in [6.07, 6.45) is 3.28. The van der Waals surface area contributed by atoms with E-state index in [0.717, 1.165) is 12.8 Å². The highest BCUT2D eigenvalue weighted by molar-refractivity contribution is 6.33. The zero-order valence-electron chi connectivity index (χ0n) is 13.5. The lowest BCUT2D eigenvalue weighted by molar-refractivity contribution is -0.125. The molecule has 1 aliphatic rings. The summed E-state index contributed by atoms with van der Waals surface area (Å²) in [6.45, 7) is 4.06. The van der Waals surface area contributed by atoms with Gasteiger partial charge in [-0.3, -0.25) is 4.79 Å².